The van der Waals surface area contributed by atoms with Crippen LogP contribution in [0.5, 0.6) is 11.5 Å². The molecular weight excluding hydrogens is 290 g/mol. The largest absolute Gasteiger partial charge is 0.497 e. The molecular formula is C19H19NO3. The summed E-state index contributed by atoms with van der Waals surface area (Å²) < 4.78 is 10.8. The molecule has 0 saturated carbocycles. The van der Waals surface area contributed by atoms with Crippen LogP contribution in [-0.2, 0) is 6.61 Å². The number of fused-ring (bicyclic) bond motifs is 1. The Morgan fingerprint density at radius 1 is 1.00 bits per heavy atom. The van der Waals surface area contributed by atoms with E-state index in [2.05, 4.69) is 0 Å². The number of hydrogen-bond donors (Lipinski definition) is 1. The topological polar surface area (TPSA) is 51.6 Å². The summed E-state index contributed by atoms with van der Waals surface area (Å²) in [5.41, 5.74) is 4.31. The van der Waals surface area contributed by atoms with E-state index in [-0.39, 0.29) is 6.61 Å². The average Bonchev–Trinajstić information content (AvgIpc) is 2.59. The third kappa shape index (κ3) is 2.85. The van der Waals surface area contributed by atoms with Gasteiger partial charge in [0, 0.05) is 16.5 Å². The predicted molar refractivity (Wildman–Crippen MR) is 90.9 cm³/mol. The molecule has 0 atom stereocenters. The molecule has 1 N–H and O–H groups in total. The van der Waals surface area contributed by atoms with Crippen molar-refractivity contribution in [2.24, 2.45) is 0 Å². The second-order valence-corrected chi connectivity index (χ2v) is 5.42. The summed E-state index contributed by atoms with van der Waals surface area (Å²) in [6.07, 6.45) is 0. The van der Waals surface area contributed by atoms with E-state index in [1.54, 1.807) is 14.2 Å². The van der Waals surface area contributed by atoms with Crippen molar-refractivity contribution in [1.29, 1.82) is 0 Å². The molecule has 0 bridgehead atoms. The van der Waals surface area contributed by atoms with Gasteiger partial charge in [0.05, 0.1) is 32.0 Å². The van der Waals surface area contributed by atoms with Crippen molar-refractivity contribution in [2.45, 2.75) is 13.5 Å². The van der Waals surface area contributed by atoms with Gasteiger partial charge in [0.2, 0.25) is 0 Å². The predicted octanol–water partition coefficient (Wildman–Crippen LogP) is 3.72. The van der Waals surface area contributed by atoms with Crippen LogP contribution in [0.1, 0.15) is 11.1 Å². The zero-order chi connectivity index (χ0) is 16.4. The summed E-state index contributed by atoms with van der Waals surface area (Å²) in [5, 5.41) is 10.8. The van der Waals surface area contributed by atoms with Crippen molar-refractivity contribution >= 4 is 10.9 Å². The van der Waals surface area contributed by atoms with E-state index in [4.69, 9.17) is 14.5 Å². The maximum Gasteiger partial charge on any atom is 0.128 e. The van der Waals surface area contributed by atoms with Gasteiger partial charge in [-0.25, -0.2) is 4.98 Å². The quantitative estimate of drug-likeness (QED) is 0.798. The highest BCUT2D eigenvalue weighted by molar-refractivity contribution is 5.85. The Kier molecular flexibility index (Phi) is 4.17. The van der Waals surface area contributed by atoms with Gasteiger partial charge in [-0.1, -0.05) is 12.1 Å². The second-order valence-electron chi connectivity index (χ2n) is 5.42. The summed E-state index contributed by atoms with van der Waals surface area (Å²) in [6, 6.07) is 13.6. The van der Waals surface area contributed by atoms with Crippen molar-refractivity contribution in [3.63, 3.8) is 0 Å². The first-order chi connectivity index (χ1) is 11.2. The lowest BCUT2D eigenvalue weighted by Gasteiger charge is -2.14. The number of rotatable bonds is 4. The van der Waals surface area contributed by atoms with Gasteiger partial charge in [0.25, 0.3) is 0 Å². The normalized spacial score (nSPS) is 10.8. The molecule has 4 heteroatoms. The Hall–Kier alpha value is -2.59. The van der Waals surface area contributed by atoms with Gasteiger partial charge in [-0.05, 0) is 42.8 Å². The van der Waals surface area contributed by atoms with Gasteiger partial charge in [0.1, 0.15) is 11.5 Å². The summed E-state index contributed by atoms with van der Waals surface area (Å²) in [7, 11) is 3.24. The van der Waals surface area contributed by atoms with E-state index >= 15 is 0 Å². The number of methoxy groups -OCH3 is 2. The number of aliphatic hydroxyl groups excluding tert-OH is 1. The van der Waals surface area contributed by atoms with Crippen LogP contribution >= 0.6 is 0 Å². The molecule has 118 valence electrons. The van der Waals surface area contributed by atoms with Crippen molar-refractivity contribution in [1.82, 2.24) is 4.98 Å². The SMILES string of the molecule is COc1ccc(OC)c(-c2nc3cc(C)ccc3cc2CO)c1. The van der Waals surface area contributed by atoms with Crippen LogP contribution in [-0.4, -0.2) is 24.3 Å². The number of aliphatic hydroxyl groups is 1. The molecule has 0 saturated heterocycles. The summed E-state index contributed by atoms with van der Waals surface area (Å²) in [4.78, 5) is 4.77. The van der Waals surface area contributed by atoms with Crippen LogP contribution in [0.25, 0.3) is 22.2 Å². The standard InChI is InChI=1S/C19H19NO3/c1-12-4-5-13-9-14(11-21)19(20-17(13)8-12)16-10-15(22-2)6-7-18(16)23-3/h4-10,21H,11H2,1-3H3. The fourth-order valence-corrected chi connectivity index (χ4v) is 2.67. The molecule has 0 radical (unpaired) electrons. The Balaban J connectivity index is 2.29. The average molecular weight is 309 g/mol. The van der Waals surface area contributed by atoms with Crippen molar-refractivity contribution in [3.8, 4) is 22.8 Å². The molecule has 0 aliphatic carbocycles. The number of ether oxygens (including phenoxy) is 2. The monoisotopic (exact) mass is 309 g/mol. The lowest BCUT2D eigenvalue weighted by molar-refractivity contribution is 0.282. The van der Waals surface area contributed by atoms with Gasteiger partial charge in [-0.2, -0.15) is 0 Å². The Morgan fingerprint density at radius 3 is 2.52 bits per heavy atom. The Bertz CT molecular complexity index is 859. The number of nitrogens with zero attached hydrogens (tertiary/aromatic N) is 1. The molecule has 2 aromatic carbocycles. The smallest absolute Gasteiger partial charge is 0.128 e. The molecule has 0 unspecified atom stereocenters. The van der Waals surface area contributed by atoms with Crippen molar-refractivity contribution in [2.75, 3.05) is 14.2 Å². The van der Waals surface area contributed by atoms with Crippen LogP contribution < -0.4 is 9.47 Å². The minimum absolute atomic E-state index is 0.0908. The first-order valence-electron chi connectivity index (χ1n) is 7.40. The maximum absolute atomic E-state index is 9.77. The number of aryl methyl sites for hydroxylation is 1. The molecule has 0 aliphatic heterocycles. The number of benzene rings is 2. The fourth-order valence-electron chi connectivity index (χ4n) is 2.67. The molecule has 3 aromatic rings. The van der Waals surface area contributed by atoms with E-state index in [0.717, 1.165) is 33.3 Å². The summed E-state index contributed by atoms with van der Waals surface area (Å²) in [5.74, 6) is 1.41. The molecule has 1 aromatic heterocycles. The van der Waals surface area contributed by atoms with Crippen molar-refractivity contribution in [3.05, 3.63) is 53.6 Å². The highest BCUT2D eigenvalue weighted by atomic mass is 16.5. The lowest BCUT2D eigenvalue weighted by atomic mass is 10.0. The minimum atomic E-state index is -0.0908. The summed E-state index contributed by atoms with van der Waals surface area (Å²) in [6.45, 7) is 1.94. The van der Waals surface area contributed by atoms with E-state index in [0.29, 0.717) is 11.4 Å². The first-order valence-corrected chi connectivity index (χ1v) is 7.40. The molecule has 3 rings (SSSR count). The summed E-state index contributed by atoms with van der Waals surface area (Å²) >= 11 is 0. The molecule has 0 aliphatic rings. The number of aromatic nitrogens is 1. The molecule has 1 heterocycles. The van der Waals surface area contributed by atoms with E-state index in [1.807, 2.05) is 49.4 Å². The van der Waals surface area contributed by atoms with Crippen LogP contribution in [0, 0.1) is 6.92 Å². The zero-order valence-corrected chi connectivity index (χ0v) is 13.5. The molecule has 4 nitrogen and oxygen atoms in total. The zero-order valence-electron chi connectivity index (χ0n) is 13.5. The van der Waals surface area contributed by atoms with Gasteiger partial charge in [-0.15, -0.1) is 0 Å². The molecule has 0 spiro atoms. The molecule has 0 amide bonds. The fraction of sp³-hybridized carbons (Fsp3) is 0.211. The minimum Gasteiger partial charge on any atom is -0.497 e. The van der Waals surface area contributed by atoms with E-state index in [9.17, 15) is 5.11 Å². The third-order valence-corrected chi connectivity index (χ3v) is 3.88. The van der Waals surface area contributed by atoms with Crippen LogP contribution in [0.4, 0.5) is 0 Å². The number of hydrogen-bond acceptors (Lipinski definition) is 4. The number of pyridine rings is 1. The van der Waals surface area contributed by atoms with Crippen LogP contribution in [0.3, 0.4) is 0 Å². The van der Waals surface area contributed by atoms with Crippen LogP contribution in [0.15, 0.2) is 42.5 Å². The maximum atomic E-state index is 9.77. The highest BCUT2D eigenvalue weighted by Gasteiger charge is 2.14. The first kappa shape index (κ1) is 15.3. The Morgan fingerprint density at radius 2 is 1.83 bits per heavy atom. The second kappa shape index (κ2) is 6.26. The Labute approximate surface area is 135 Å². The highest BCUT2D eigenvalue weighted by Crippen LogP contribution is 2.35. The molecule has 0 fully saturated rings. The van der Waals surface area contributed by atoms with E-state index in [1.165, 1.54) is 0 Å². The van der Waals surface area contributed by atoms with Crippen LogP contribution in [0.2, 0.25) is 0 Å². The third-order valence-electron chi connectivity index (χ3n) is 3.88. The van der Waals surface area contributed by atoms with Gasteiger partial charge in [-0.3, -0.25) is 0 Å². The van der Waals surface area contributed by atoms with E-state index < -0.39 is 0 Å². The van der Waals surface area contributed by atoms with Crippen molar-refractivity contribution < 1.29 is 14.6 Å². The van der Waals surface area contributed by atoms with Gasteiger partial charge in [0.15, 0.2) is 0 Å². The van der Waals surface area contributed by atoms with Gasteiger partial charge >= 0.3 is 0 Å². The molecule has 23 heavy (non-hydrogen) atoms. The lowest BCUT2D eigenvalue weighted by Crippen LogP contribution is -1.98. The van der Waals surface area contributed by atoms with Gasteiger partial charge < -0.3 is 14.6 Å².